The van der Waals surface area contributed by atoms with Crippen molar-refractivity contribution in [3.8, 4) is 0 Å². The quantitative estimate of drug-likeness (QED) is 0.0664. The van der Waals surface area contributed by atoms with Crippen molar-refractivity contribution in [1.29, 1.82) is 0 Å². The number of fused-ring (bicyclic) bond motifs is 1. The fourth-order valence-corrected chi connectivity index (χ4v) is 5.25. The smallest absolute Gasteiger partial charge is 0.243 e. The third-order valence-electron chi connectivity index (χ3n) is 5.85. The van der Waals surface area contributed by atoms with Gasteiger partial charge in [-0.1, -0.05) is 30.3 Å². The first-order chi connectivity index (χ1) is 17.3. The number of hydrogen-bond acceptors (Lipinski definition) is 8. The first-order valence-electron chi connectivity index (χ1n) is 11.6. The molecule has 12 nitrogen and oxygen atoms in total. The Morgan fingerprint density at radius 1 is 1.19 bits per heavy atom. The summed E-state index contributed by atoms with van der Waals surface area (Å²) < 4.78 is 28.2. The van der Waals surface area contributed by atoms with Crippen LogP contribution in [-0.2, 0) is 19.6 Å². The Labute approximate surface area is 209 Å². The molecule has 1 aliphatic rings. The predicted molar refractivity (Wildman–Crippen MR) is 134 cm³/mol. The van der Waals surface area contributed by atoms with Crippen LogP contribution in [0.5, 0.6) is 0 Å². The molecule has 36 heavy (non-hydrogen) atoms. The molecule has 3 rings (SSSR count). The van der Waals surface area contributed by atoms with E-state index in [4.69, 9.17) is 5.84 Å². The van der Waals surface area contributed by atoms with Crippen LogP contribution in [0.1, 0.15) is 19.3 Å². The fourth-order valence-electron chi connectivity index (χ4n) is 4.04. The number of aliphatic imine (C=N–C) groups is 1. The Kier molecular flexibility index (Phi) is 9.73. The molecule has 13 heteroatoms. The summed E-state index contributed by atoms with van der Waals surface area (Å²) in [6.07, 6.45) is 1.78. The van der Waals surface area contributed by atoms with Crippen LogP contribution in [0.25, 0.3) is 10.8 Å². The van der Waals surface area contributed by atoms with Crippen LogP contribution < -0.4 is 21.3 Å². The van der Waals surface area contributed by atoms with E-state index in [0.717, 1.165) is 10.3 Å². The van der Waals surface area contributed by atoms with Crippen LogP contribution in [0, 0.1) is 0 Å². The molecule has 2 aromatic carbocycles. The van der Waals surface area contributed by atoms with E-state index in [9.17, 15) is 28.2 Å². The zero-order chi connectivity index (χ0) is 26.1. The molecule has 3 atom stereocenters. The van der Waals surface area contributed by atoms with Gasteiger partial charge in [-0.25, -0.2) is 14.3 Å². The van der Waals surface area contributed by atoms with Crippen molar-refractivity contribution >= 4 is 38.9 Å². The van der Waals surface area contributed by atoms with Crippen LogP contribution in [0.3, 0.4) is 0 Å². The second-order valence-corrected chi connectivity index (χ2v) is 10.2. The van der Waals surface area contributed by atoms with Gasteiger partial charge in [0.05, 0.1) is 23.9 Å². The lowest BCUT2D eigenvalue weighted by molar-refractivity contribution is -0.140. The number of benzene rings is 2. The summed E-state index contributed by atoms with van der Waals surface area (Å²) in [5.74, 6) is 3.83. The van der Waals surface area contributed by atoms with E-state index >= 15 is 0 Å². The molecule has 7 N–H and O–H groups in total. The van der Waals surface area contributed by atoms with E-state index in [0.29, 0.717) is 31.3 Å². The lowest BCUT2D eigenvalue weighted by Gasteiger charge is -2.27. The maximum atomic E-state index is 13.2. The largest absolute Gasteiger partial charge is 0.394 e. The van der Waals surface area contributed by atoms with Crippen LogP contribution in [0.2, 0.25) is 0 Å². The Balaban J connectivity index is 1.64. The SMILES string of the molecule is NNC=NCCCCNC(=O)[C@@H]1C[C@H](O)CN1C(=O)[C@H](CO)NS(=O)(=O)c1ccc2ccccc2c1. The molecule has 0 aromatic heterocycles. The van der Waals surface area contributed by atoms with E-state index in [1.165, 1.54) is 18.5 Å². The molecule has 1 fully saturated rings. The van der Waals surface area contributed by atoms with Gasteiger partial charge in [-0.2, -0.15) is 4.72 Å². The van der Waals surface area contributed by atoms with Crippen molar-refractivity contribution in [2.45, 2.75) is 42.3 Å². The van der Waals surface area contributed by atoms with Crippen LogP contribution in [-0.4, -0.2) is 86.1 Å². The zero-order valence-corrected chi connectivity index (χ0v) is 20.5. The number of aliphatic hydroxyl groups is 2. The van der Waals surface area contributed by atoms with Crippen LogP contribution in [0.15, 0.2) is 52.4 Å². The Hall–Kier alpha value is -3.10. The number of nitrogens with two attached hydrogens (primary N) is 1. The normalized spacial score (nSPS) is 19.0. The maximum Gasteiger partial charge on any atom is 0.243 e. The molecular weight excluding hydrogens is 488 g/mol. The number of likely N-dealkylation sites (tertiary alicyclic amines) is 1. The number of nitrogens with zero attached hydrogens (tertiary/aromatic N) is 2. The van der Waals surface area contributed by atoms with E-state index in [-0.39, 0.29) is 17.9 Å². The Morgan fingerprint density at radius 3 is 2.67 bits per heavy atom. The molecule has 1 aliphatic heterocycles. The van der Waals surface area contributed by atoms with Gasteiger partial charge in [0.2, 0.25) is 21.8 Å². The van der Waals surface area contributed by atoms with Crippen LogP contribution >= 0.6 is 0 Å². The first kappa shape index (κ1) is 27.5. The number of sulfonamides is 1. The fraction of sp³-hybridized carbons (Fsp3) is 0.435. The molecule has 0 aliphatic carbocycles. The minimum atomic E-state index is -4.16. The molecule has 2 aromatic rings. The highest BCUT2D eigenvalue weighted by Crippen LogP contribution is 2.22. The number of aliphatic hydroxyl groups excluding tert-OH is 2. The molecule has 1 heterocycles. The van der Waals surface area contributed by atoms with Crippen molar-refractivity contribution in [3.05, 3.63) is 42.5 Å². The molecule has 196 valence electrons. The topological polar surface area (TPSA) is 186 Å². The van der Waals surface area contributed by atoms with E-state index in [1.807, 2.05) is 12.1 Å². The van der Waals surface area contributed by atoms with Crippen LogP contribution in [0.4, 0.5) is 0 Å². The molecule has 1 saturated heterocycles. The maximum absolute atomic E-state index is 13.2. The lowest BCUT2D eigenvalue weighted by atomic mass is 10.1. The zero-order valence-electron chi connectivity index (χ0n) is 19.7. The second-order valence-electron chi connectivity index (χ2n) is 8.46. The van der Waals surface area contributed by atoms with Gasteiger partial charge in [0.1, 0.15) is 12.1 Å². The second kappa shape index (κ2) is 12.7. The van der Waals surface area contributed by atoms with Gasteiger partial charge < -0.3 is 25.9 Å². The number of carbonyl (C=O) groups is 2. The number of nitrogens with one attached hydrogen (secondary N) is 3. The monoisotopic (exact) mass is 520 g/mol. The molecule has 0 unspecified atom stereocenters. The summed E-state index contributed by atoms with van der Waals surface area (Å²) in [5, 5.41) is 24.2. The van der Waals surface area contributed by atoms with Gasteiger partial charge in [0.25, 0.3) is 0 Å². The van der Waals surface area contributed by atoms with E-state index in [1.54, 1.807) is 18.2 Å². The number of rotatable bonds is 12. The van der Waals surface area contributed by atoms with Gasteiger partial charge in [-0.15, -0.1) is 0 Å². The summed E-state index contributed by atoms with van der Waals surface area (Å²) in [6.45, 7) is -0.0872. The number of hydrazine groups is 1. The average molecular weight is 521 g/mol. The lowest BCUT2D eigenvalue weighted by Crippen LogP contribution is -2.54. The minimum absolute atomic E-state index is 0.0135. The summed E-state index contributed by atoms with van der Waals surface area (Å²) in [7, 11) is -4.16. The molecule has 0 radical (unpaired) electrons. The van der Waals surface area contributed by atoms with Crippen molar-refractivity contribution in [1.82, 2.24) is 20.4 Å². The summed E-state index contributed by atoms with van der Waals surface area (Å²) in [5.41, 5.74) is 2.29. The number of hydrogen-bond donors (Lipinski definition) is 6. The van der Waals surface area contributed by atoms with Crippen molar-refractivity contribution in [3.63, 3.8) is 0 Å². The number of amides is 2. The predicted octanol–water partition coefficient (Wildman–Crippen LogP) is -1.17. The summed E-state index contributed by atoms with van der Waals surface area (Å²) in [4.78, 5) is 30.9. The van der Waals surface area contributed by atoms with E-state index in [2.05, 4.69) is 20.5 Å². The standard InChI is InChI=1S/C23H32N6O6S/c24-27-15-25-9-3-4-10-26-22(32)21-12-18(31)13-29(21)23(33)20(14-30)28-36(34,35)19-8-7-16-5-1-2-6-17(16)11-19/h1-2,5-8,11,15,18,20-21,28,30-31H,3-4,9-10,12-14,24H2,(H,25,27)(H,26,32)/t18-,20-,21-/m0/s1. The molecular formula is C23H32N6O6S. The molecule has 0 bridgehead atoms. The van der Waals surface area contributed by atoms with Crippen molar-refractivity contribution in [2.24, 2.45) is 10.8 Å². The number of unbranched alkanes of at least 4 members (excludes halogenated alkanes) is 1. The highest BCUT2D eigenvalue weighted by Gasteiger charge is 2.41. The molecule has 2 amide bonds. The summed E-state index contributed by atoms with van der Waals surface area (Å²) >= 11 is 0. The highest BCUT2D eigenvalue weighted by molar-refractivity contribution is 7.89. The van der Waals surface area contributed by atoms with Gasteiger partial charge in [-0.05, 0) is 35.7 Å². The van der Waals surface area contributed by atoms with E-state index < -0.39 is 46.6 Å². The minimum Gasteiger partial charge on any atom is -0.394 e. The van der Waals surface area contributed by atoms with Gasteiger partial charge in [0.15, 0.2) is 0 Å². The molecule has 0 spiro atoms. The number of β-amino-alcohol motifs (C(OH)–C–C–N with tert-alkyl or cyclic N) is 1. The third kappa shape index (κ3) is 6.98. The summed E-state index contributed by atoms with van der Waals surface area (Å²) in [6, 6.07) is 9.27. The third-order valence-corrected chi connectivity index (χ3v) is 7.32. The number of carbonyl (C=O) groups excluding carboxylic acids is 2. The first-order valence-corrected chi connectivity index (χ1v) is 13.1. The van der Waals surface area contributed by atoms with Gasteiger partial charge >= 0.3 is 0 Å². The van der Waals surface area contributed by atoms with Gasteiger partial charge in [-0.3, -0.25) is 14.6 Å². The van der Waals surface area contributed by atoms with Gasteiger partial charge in [0, 0.05) is 26.1 Å². The highest BCUT2D eigenvalue weighted by atomic mass is 32.2. The average Bonchev–Trinajstić information content (AvgIpc) is 3.27. The Morgan fingerprint density at radius 2 is 1.94 bits per heavy atom. The van der Waals surface area contributed by atoms with Crippen molar-refractivity contribution in [2.75, 3.05) is 26.2 Å². The molecule has 0 saturated carbocycles. The van der Waals surface area contributed by atoms with Crippen molar-refractivity contribution < 1.29 is 28.2 Å². The Bertz CT molecular complexity index is 1190.